The Balaban J connectivity index is 3.06. The summed E-state index contributed by atoms with van der Waals surface area (Å²) in [7, 11) is 4.51. The fourth-order valence-electron chi connectivity index (χ4n) is 2.68. The van der Waals surface area contributed by atoms with E-state index in [2.05, 4.69) is 0 Å². The number of ether oxygens (including phenoxy) is 3. The third kappa shape index (κ3) is 4.94. The van der Waals surface area contributed by atoms with Gasteiger partial charge in [-0.15, -0.1) is 0 Å². The molecule has 0 bridgehead atoms. The highest BCUT2D eigenvalue weighted by Crippen LogP contribution is 2.48. The van der Waals surface area contributed by atoms with Crippen molar-refractivity contribution in [3.63, 3.8) is 0 Å². The summed E-state index contributed by atoms with van der Waals surface area (Å²) in [4.78, 5) is 10.8. The topological polar surface area (TPSA) is 85.2 Å². The fourth-order valence-corrected chi connectivity index (χ4v) is 2.68. The van der Waals surface area contributed by atoms with Crippen molar-refractivity contribution in [1.29, 1.82) is 0 Å². The molecule has 1 aromatic rings. The van der Waals surface area contributed by atoms with Crippen LogP contribution in [0.25, 0.3) is 0 Å². The fraction of sp³-hybridized carbons (Fsp3) is 0.450. The molecule has 0 radical (unpaired) electrons. The van der Waals surface area contributed by atoms with E-state index >= 15 is 0 Å². The molecular weight excluding hydrogens is 336 g/mol. The maximum absolute atomic E-state index is 10.8. The highest BCUT2D eigenvalue weighted by Gasteiger charge is 2.23. The third-order valence-corrected chi connectivity index (χ3v) is 4.30. The molecular formula is C20H28O6. The summed E-state index contributed by atoms with van der Waals surface area (Å²) in [6, 6.07) is 0. The quantitative estimate of drug-likeness (QED) is 0.508. The van der Waals surface area contributed by atoms with Crippen LogP contribution in [0.5, 0.6) is 23.0 Å². The molecule has 26 heavy (non-hydrogen) atoms. The molecule has 0 aliphatic rings. The summed E-state index contributed by atoms with van der Waals surface area (Å²) in [5.41, 5.74) is 2.94. The number of methoxy groups -OCH3 is 3. The minimum atomic E-state index is -0.899. The van der Waals surface area contributed by atoms with E-state index in [-0.39, 0.29) is 11.5 Å². The molecule has 2 N–H and O–H groups in total. The van der Waals surface area contributed by atoms with Gasteiger partial charge in [0.2, 0.25) is 11.5 Å². The number of carboxylic acid groups (broad SMARTS) is 1. The van der Waals surface area contributed by atoms with Crippen molar-refractivity contribution >= 4 is 5.97 Å². The number of allylic oxidation sites excluding steroid dienone is 3. The number of phenolic OH excluding ortho intramolecular Hbond substituents is 1. The number of phenols is 1. The van der Waals surface area contributed by atoms with E-state index in [0.29, 0.717) is 35.5 Å². The number of hydrogen-bond acceptors (Lipinski definition) is 5. The number of carboxylic acids is 1. The number of hydrogen-bond donors (Lipinski definition) is 2. The smallest absolute Gasteiger partial charge is 0.330 e. The summed E-state index contributed by atoms with van der Waals surface area (Å²) in [6.07, 6.45) is 5.62. The van der Waals surface area contributed by atoms with Crippen LogP contribution in [-0.4, -0.2) is 37.5 Å². The Morgan fingerprint density at radius 1 is 1.00 bits per heavy atom. The number of benzene rings is 1. The average molecular weight is 364 g/mol. The van der Waals surface area contributed by atoms with Crippen LogP contribution in [0.2, 0.25) is 0 Å². The van der Waals surface area contributed by atoms with E-state index in [4.69, 9.17) is 19.3 Å². The molecule has 0 heterocycles. The molecule has 0 unspecified atom stereocenters. The zero-order valence-electron chi connectivity index (χ0n) is 16.3. The minimum absolute atomic E-state index is 0.0355. The largest absolute Gasteiger partial charge is 0.504 e. The van der Waals surface area contributed by atoms with Crippen LogP contribution in [0.1, 0.15) is 37.8 Å². The van der Waals surface area contributed by atoms with Gasteiger partial charge in [0.25, 0.3) is 0 Å². The maximum atomic E-state index is 10.8. The lowest BCUT2D eigenvalue weighted by Gasteiger charge is -2.19. The average Bonchev–Trinajstić information content (AvgIpc) is 2.60. The summed E-state index contributed by atoms with van der Waals surface area (Å²) in [5, 5.41) is 19.4. The highest BCUT2D eigenvalue weighted by molar-refractivity contribution is 5.85. The molecule has 0 saturated heterocycles. The second kappa shape index (κ2) is 9.75. The standard InChI is InChI=1S/C20H28O6/c1-12(8-7-9-13(2)20(22)23)10-11-15-14(3)17(24-4)19(26-6)18(25-5)16(15)21/h9-10,21H,7-8,11H2,1-6H3,(H,22,23). The van der Waals surface area contributed by atoms with Crippen molar-refractivity contribution in [2.75, 3.05) is 21.3 Å². The van der Waals surface area contributed by atoms with Gasteiger partial charge < -0.3 is 24.4 Å². The first kappa shape index (κ1) is 21.4. The second-order valence-electron chi connectivity index (χ2n) is 6.04. The molecule has 0 fully saturated rings. The minimum Gasteiger partial charge on any atom is -0.504 e. The first-order chi connectivity index (χ1) is 12.3. The molecule has 0 aliphatic carbocycles. The van der Waals surface area contributed by atoms with Crippen LogP contribution >= 0.6 is 0 Å². The predicted octanol–water partition coefficient (Wildman–Crippen LogP) is 4.03. The second-order valence-corrected chi connectivity index (χ2v) is 6.04. The number of carbonyl (C=O) groups is 1. The van der Waals surface area contributed by atoms with Gasteiger partial charge >= 0.3 is 5.97 Å². The normalized spacial score (nSPS) is 12.1. The molecule has 0 atom stereocenters. The van der Waals surface area contributed by atoms with Crippen LogP contribution < -0.4 is 14.2 Å². The van der Waals surface area contributed by atoms with Gasteiger partial charge in [0.15, 0.2) is 11.5 Å². The van der Waals surface area contributed by atoms with Crippen LogP contribution in [-0.2, 0) is 11.2 Å². The monoisotopic (exact) mass is 364 g/mol. The van der Waals surface area contributed by atoms with Gasteiger partial charge in [0.05, 0.1) is 21.3 Å². The van der Waals surface area contributed by atoms with E-state index < -0.39 is 5.97 Å². The van der Waals surface area contributed by atoms with Gasteiger partial charge in [-0.2, -0.15) is 0 Å². The van der Waals surface area contributed by atoms with Crippen molar-refractivity contribution in [2.45, 2.75) is 40.0 Å². The van der Waals surface area contributed by atoms with Gasteiger partial charge in [-0.05, 0) is 40.0 Å². The molecule has 1 aromatic carbocycles. The first-order valence-corrected chi connectivity index (χ1v) is 8.34. The van der Waals surface area contributed by atoms with E-state index in [1.807, 2.05) is 19.9 Å². The zero-order valence-corrected chi connectivity index (χ0v) is 16.3. The highest BCUT2D eigenvalue weighted by atomic mass is 16.5. The molecule has 0 spiro atoms. The molecule has 0 amide bonds. The lowest BCUT2D eigenvalue weighted by Crippen LogP contribution is -2.01. The van der Waals surface area contributed by atoms with Crippen molar-refractivity contribution in [3.05, 3.63) is 34.4 Å². The van der Waals surface area contributed by atoms with Crippen LogP contribution in [0, 0.1) is 6.92 Å². The van der Waals surface area contributed by atoms with Gasteiger partial charge in [-0.3, -0.25) is 0 Å². The third-order valence-electron chi connectivity index (χ3n) is 4.30. The Morgan fingerprint density at radius 2 is 1.58 bits per heavy atom. The Bertz CT molecular complexity index is 684. The Morgan fingerprint density at radius 3 is 2.08 bits per heavy atom. The van der Waals surface area contributed by atoms with Crippen molar-refractivity contribution in [3.8, 4) is 23.0 Å². The van der Waals surface area contributed by atoms with Gasteiger partial charge in [-0.25, -0.2) is 4.79 Å². The molecule has 0 saturated carbocycles. The summed E-state index contributed by atoms with van der Waals surface area (Å²) in [6.45, 7) is 5.42. The van der Waals surface area contributed by atoms with Crippen LogP contribution in [0.3, 0.4) is 0 Å². The maximum Gasteiger partial charge on any atom is 0.330 e. The molecule has 0 aliphatic heterocycles. The molecule has 6 nitrogen and oxygen atoms in total. The number of aliphatic carboxylic acids is 1. The Hall–Kier alpha value is -2.63. The molecule has 1 rings (SSSR count). The first-order valence-electron chi connectivity index (χ1n) is 8.34. The summed E-state index contributed by atoms with van der Waals surface area (Å²) in [5.74, 6) is 0.279. The number of rotatable bonds is 9. The van der Waals surface area contributed by atoms with Gasteiger partial charge in [0, 0.05) is 16.7 Å². The molecule has 0 aromatic heterocycles. The SMILES string of the molecule is COc1c(C)c(CC=C(C)CCC=C(C)C(=O)O)c(O)c(OC)c1OC. The van der Waals surface area contributed by atoms with Crippen molar-refractivity contribution in [1.82, 2.24) is 0 Å². The predicted molar refractivity (Wildman–Crippen MR) is 101 cm³/mol. The van der Waals surface area contributed by atoms with E-state index in [1.165, 1.54) is 14.2 Å². The van der Waals surface area contributed by atoms with Crippen LogP contribution in [0.15, 0.2) is 23.3 Å². The van der Waals surface area contributed by atoms with Crippen LogP contribution in [0.4, 0.5) is 0 Å². The van der Waals surface area contributed by atoms with Gasteiger partial charge in [-0.1, -0.05) is 17.7 Å². The lowest BCUT2D eigenvalue weighted by molar-refractivity contribution is -0.132. The zero-order chi connectivity index (χ0) is 19.9. The lowest BCUT2D eigenvalue weighted by atomic mass is 9.99. The number of aromatic hydroxyl groups is 1. The van der Waals surface area contributed by atoms with Crippen molar-refractivity contribution < 1.29 is 29.2 Å². The van der Waals surface area contributed by atoms with Gasteiger partial charge in [0.1, 0.15) is 0 Å². The summed E-state index contributed by atoms with van der Waals surface area (Å²) >= 11 is 0. The van der Waals surface area contributed by atoms with E-state index in [0.717, 1.165) is 17.6 Å². The van der Waals surface area contributed by atoms with E-state index in [1.54, 1.807) is 20.1 Å². The Kier molecular flexibility index (Phi) is 8.03. The van der Waals surface area contributed by atoms with Crippen molar-refractivity contribution in [2.24, 2.45) is 0 Å². The summed E-state index contributed by atoms with van der Waals surface area (Å²) < 4.78 is 16.0. The Labute approximate surface area is 154 Å². The van der Waals surface area contributed by atoms with E-state index in [9.17, 15) is 9.90 Å². The molecule has 144 valence electrons. The molecule has 6 heteroatoms.